The molecule has 0 aromatic carbocycles. The molecule has 0 aromatic heterocycles. The van der Waals surface area contributed by atoms with Crippen molar-refractivity contribution in [2.45, 2.75) is 123 Å². The van der Waals surface area contributed by atoms with Crippen LogP contribution in [0.15, 0.2) is 5.11 Å². The van der Waals surface area contributed by atoms with Crippen molar-refractivity contribution in [1.82, 2.24) is 0 Å². The third-order valence-electron chi connectivity index (χ3n) is 9.10. The van der Waals surface area contributed by atoms with E-state index in [1.165, 1.54) is 0 Å². The summed E-state index contributed by atoms with van der Waals surface area (Å²) >= 11 is 0. The normalized spacial score (nSPS) is 46.5. The molecule has 8 unspecified atom stereocenters. The van der Waals surface area contributed by atoms with E-state index in [1.54, 1.807) is 0 Å². The van der Waals surface area contributed by atoms with Crippen LogP contribution in [0.25, 0.3) is 10.4 Å². The smallest absolute Gasteiger partial charge is 0.187 e. The van der Waals surface area contributed by atoms with Gasteiger partial charge in [0.1, 0.15) is 97.7 Å². The number of hydrogen-bond acceptors (Lipinski definition) is 23. The fourth-order valence-corrected chi connectivity index (χ4v) is 6.09. The van der Waals surface area contributed by atoms with Crippen LogP contribution in [0.4, 0.5) is 0 Å². The summed E-state index contributed by atoms with van der Waals surface area (Å²) in [6.07, 6.45) is -36.3. The highest BCUT2D eigenvalue weighted by molar-refractivity contribution is 4.98. The predicted molar refractivity (Wildman–Crippen MR) is 162 cm³/mol. The summed E-state index contributed by atoms with van der Waals surface area (Å²) in [6.45, 7) is -3.62. The zero-order valence-electron chi connectivity index (χ0n) is 28.0. The fraction of sp³-hybridized carbons (Fsp3) is 1.00. The van der Waals surface area contributed by atoms with E-state index in [1.807, 2.05) is 0 Å². The number of rotatable bonds is 17. The van der Waals surface area contributed by atoms with Crippen LogP contribution < -0.4 is 0 Å². The highest BCUT2D eigenvalue weighted by atomic mass is 16.8. The second-order valence-electron chi connectivity index (χ2n) is 12.6. The molecular weight excluding hydrogens is 730 g/mol. The first-order valence-electron chi connectivity index (χ1n) is 16.7. The summed E-state index contributed by atoms with van der Waals surface area (Å²) in [7, 11) is 0. The number of hydrogen-bond donors (Lipinski definition) is 13. The van der Waals surface area contributed by atoms with Gasteiger partial charge in [-0.1, -0.05) is 5.11 Å². The van der Waals surface area contributed by atoms with Gasteiger partial charge in [0.2, 0.25) is 0 Å². The lowest BCUT2D eigenvalue weighted by Crippen LogP contribution is -2.68. The molecule has 4 aliphatic rings. The van der Waals surface area contributed by atoms with Gasteiger partial charge in [-0.15, -0.1) is 0 Å². The molecule has 0 amide bonds. The molecular formula is C28H49N3O22. The maximum absolute atomic E-state index is 11.2. The SMILES string of the molecule is [N-]=[N+]=NCCOCCO[C@H]1OC(CO)[C@@H](O)C(O[C@H]2OC(CO)[C@@H](O)C(O)[C@H]2O[C@H]2OC(CO)[C@@H](O)C(O)[C@H]2O[C@H]2OC(CO)[C@@H](O)C(O)[C@H]2O)[C@H]1O. The molecule has 308 valence electrons. The van der Waals surface area contributed by atoms with E-state index >= 15 is 0 Å². The summed E-state index contributed by atoms with van der Waals surface area (Å²) in [5.74, 6) is 0. The average molecular weight is 780 g/mol. The molecule has 0 saturated carbocycles. The van der Waals surface area contributed by atoms with Gasteiger partial charge in [0.25, 0.3) is 0 Å². The molecule has 4 fully saturated rings. The molecule has 4 saturated heterocycles. The van der Waals surface area contributed by atoms with Crippen molar-refractivity contribution in [3.63, 3.8) is 0 Å². The Morgan fingerprint density at radius 1 is 0.453 bits per heavy atom. The van der Waals surface area contributed by atoms with Gasteiger partial charge in [-0.25, -0.2) is 0 Å². The number of aliphatic hydroxyl groups excluding tert-OH is 13. The quantitative estimate of drug-likeness (QED) is 0.0282. The molecule has 0 spiro atoms. The van der Waals surface area contributed by atoms with Crippen molar-refractivity contribution in [1.29, 1.82) is 0 Å². The highest BCUT2D eigenvalue weighted by Crippen LogP contribution is 2.35. The molecule has 0 bridgehead atoms. The minimum absolute atomic E-state index is 0.0421. The summed E-state index contributed by atoms with van der Waals surface area (Å²) in [4.78, 5) is 2.58. The van der Waals surface area contributed by atoms with Crippen molar-refractivity contribution in [3.05, 3.63) is 10.4 Å². The highest BCUT2D eigenvalue weighted by Gasteiger charge is 2.56. The number of ether oxygens (including phenoxy) is 9. The molecule has 0 radical (unpaired) electrons. The Balaban J connectivity index is 1.57. The summed E-state index contributed by atoms with van der Waals surface area (Å²) in [5.41, 5.74) is 8.34. The molecule has 13 N–H and O–H groups in total. The van der Waals surface area contributed by atoms with Gasteiger partial charge in [0.15, 0.2) is 25.2 Å². The summed E-state index contributed by atoms with van der Waals surface area (Å²) in [5, 5.41) is 139. The lowest BCUT2D eigenvalue weighted by molar-refractivity contribution is -0.403. The Bertz CT molecular complexity index is 1140. The van der Waals surface area contributed by atoms with Crippen molar-refractivity contribution >= 4 is 0 Å². The number of nitrogens with zero attached hydrogens (tertiary/aromatic N) is 3. The molecule has 0 aromatic rings. The molecule has 25 nitrogen and oxygen atoms in total. The largest absolute Gasteiger partial charge is 0.394 e. The van der Waals surface area contributed by atoms with Gasteiger partial charge in [-0.2, -0.15) is 0 Å². The van der Waals surface area contributed by atoms with Gasteiger partial charge < -0.3 is 109 Å². The van der Waals surface area contributed by atoms with E-state index in [-0.39, 0.29) is 26.4 Å². The van der Waals surface area contributed by atoms with Crippen LogP contribution in [0.5, 0.6) is 0 Å². The average Bonchev–Trinajstić information content (AvgIpc) is 3.15. The second-order valence-corrected chi connectivity index (χ2v) is 12.6. The van der Waals surface area contributed by atoms with Crippen LogP contribution in [0.3, 0.4) is 0 Å². The topological polar surface area (TPSA) is 395 Å². The summed E-state index contributed by atoms with van der Waals surface area (Å²) in [6, 6.07) is 0. The molecule has 25 heteroatoms. The van der Waals surface area contributed by atoms with Crippen molar-refractivity contribution < 1.29 is 109 Å². The molecule has 4 aliphatic heterocycles. The van der Waals surface area contributed by atoms with Crippen LogP contribution in [-0.4, -0.2) is 242 Å². The van der Waals surface area contributed by atoms with Gasteiger partial charge in [-0.05, 0) is 5.53 Å². The van der Waals surface area contributed by atoms with Crippen molar-refractivity contribution in [2.75, 3.05) is 52.8 Å². The Morgan fingerprint density at radius 2 is 0.887 bits per heavy atom. The predicted octanol–water partition coefficient (Wildman–Crippen LogP) is -8.40. The first-order valence-corrected chi connectivity index (χ1v) is 16.7. The van der Waals surface area contributed by atoms with E-state index in [9.17, 15) is 66.4 Å². The molecule has 0 aliphatic carbocycles. The minimum Gasteiger partial charge on any atom is -0.394 e. The van der Waals surface area contributed by atoms with Crippen LogP contribution in [0, 0.1) is 0 Å². The van der Waals surface area contributed by atoms with Crippen LogP contribution in [-0.2, 0) is 42.6 Å². The van der Waals surface area contributed by atoms with Gasteiger partial charge in [0.05, 0.1) is 46.2 Å². The first kappa shape index (κ1) is 44.1. The lowest BCUT2D eigenvalue weighted by Gasteiger charge is -2.49. The van der Waals surface area contributed by atoms with Crippen molar-refractivity contribution in [3.8, 4) is 0 Å². The molecule has 20 atom stereocenters. The first-order chi connectivity index (χ1) is 25.3. The molecule has 53 heavy (non-hydrogen) atoms. The third-order valence-corrected chi connectivity index (χ3v) is 9.10. The maximum atomic E-state index is 11.2. The van der Waals surface area contributed by atoms with E-state index in [4.69, 9.17) is 48.2 Å². The fourth-order valence-electron chi connectivity index (χ4n) is 6.09. The maximum Gasteiger partial charge on any atom is 0.187 e. The zero-order valence-corrected chi connectivity index (χ0v) is 28.0. The summed E-state index contributed by atoms with van der Waals surface area (Å²) < 4.78 is 50.1. The van der Waals surface area contributed by atoms with Gasteiger partial charge in [-0.3, -0.25) is 0 Å². The van der Waals surface area contributed by atoms with E-state index in [0.29, 0.717) is 0 Å². The van der Waals surface area contributed by atoms with Gasteiger partial charge >= 0.3 is 0 Å². The Labute approximate surface area is 300 Å². The molecule has 4 heterocycles. The zero-order chi connectivity index (χ0) is 39.0. The Hall–Kier alpha value is -1.57. The second kappa shape index (κ2) is 20.6. The monoisotopic (exact) mass is 779 g/mol. The van der Waals surface area contributed by atoms with Crippen LogP contribution in [0.2, 0.25) is 0 Å². The van der Waals surface area contributed by atoms with E-state index in [2.05, 4.69) is 10.0 Å². The number of azide groups is 1. The minimum atomic E-state index is -2.05. The Kier molecular flexibility index (Phi) is 17.1. The number of aliphatic hydroxyl groups is 13. The van der Waals surface area contributed by atoms with Crippen LogP contribution >= 0.6 is 0 Å². The third kappa shape index (κ3) is 10.2. The lowest BCUT2D eigenvalue weighted by atomic mass is 9.95. The molecule has 4 rings (SSSR count). The van der Waals surface area contributed by atoms with E-state index in [0.717, 1.165) is 0 Å². The standard InChI is InChI=1S/C28H49N3O22/c29-31-30-1-2-45-3-4-46-25-21(44)22(16(39)12(8-35)47-25)51-27-24(19(42)15(38)10(6-33)49-27)53-28-23(18(41)14(37)11(7-34)50-28)52-26-20(43)17(40)13(36)9(5-32)48-26/h9-28,32-44H,1-8H2/t9?,10?,11?,12?,13-,14-,15-,16-,17?,18?,19?,20-,21-,22?,23-,24-,25+,26-,27-,28-/m1/s1. The van der Waals surface area contributed by atoms with Crippen LogP contribution in [0.1, 0.15) is 0 Å². The van der Waals surface area contributed by atoms with Gasteiger partial charge in [0, 0.05) is 11.5 Å². The Morgan fingerprint density at radius 3 is 1.40 bits per heavy atom. The van der Waals surface area contributed by atoms with Crippen molar-refractivity contribution in [2.24, 2.45) is 5.11 Å². The van der Waals surface area contributed by atoms with E-state index < -0.39 is 149 Å².